The first-order valence-electron chi connectivity index (χ1n) is 3.60. The highest BCUT2D eigenvalue weighted by atomic mass is 16.5. The molecule has 1 radical (unpaired) electrons. The van der Waals surface area contributed by atoms with E-state index in [9.17, 15) is 9.59 Å². The molecule has 1 heterocycles. The molecule has 1 aliphatic rings. The van der Waals surface area contributed by atoms with Gasteiger partial charge in [0.2, 0.25) is 0 Å². The molecule has 0 spiro atoms. The summed E-state index contributed by atoms with van der Waals surface area (Å²) in [6.07, 6.45) is 0. The van der Waals surface area contributed by atoms with Crippen molar-refractivity contribution in [2.75, 3.05) is 0 Å². The van der Waals surface area contributed by atoms with Gasteiger partial charge in [-0.1, -0.05) is 0 Å². The van der Waals surface area contributed by atoms with Crippen molar-refractivity contribution < 1.29 is 19.4 Å². The van der Waals surface area contributed by atoms with Crippen molar-refractivity contribution in [3.63, 3.8) is 0 Å². The zero-order chi connectivity index (χ0) is 9.42. The Kier molecular flexibility index (Phi) is 1.55. The van der Waals surface area contributed by atoms with Crippen LogP contribution in [-0.4, -0.2) is 17.0 Å². The van der Waals surface area contributed by atoms with Crippen LogP contribution in [-0.2, 0) is 4.74 Å². The van der Waals surface area contributed by atoms with E-state index >= 15 is 0 Å². The Bertz CT molecular complexity index is 395. The number of benzene rings is 1. The van der Waals surface area contributed by atoms with Crippen LogP contribution in [0.2, 0.25) is 0 Å². The lowest BCUT2D eigenvalue weighted by atomic mass is 10.1. The quantitative estimate of drug-likeness (QED) is 0.651. The van der Waals surface area contributed by atoms with E-state index in [0.717, 1.165) is 0 Å². The molecule has 0 amide bonds. The highest BCUT2D eigenvalue weighted by molar-refractivity contribution is 5.97. The predicted molar refractivity (Wildman–Crippen MR) is 42.2 cm³/mol. The van der Waals surface area contributed by atoms with Gasteiger partial charge in [-0.05, 0) is 18.2 Å². The fourth-order valence-electron chi connectivity index (χ4n) is 1.16. The van der Waals surface area contributed by atoms with Gasteiger partial charge in [-0.2, -0.15) is 0 Å². The van der Waals surface area contributed by atoms with Crippen LogP contribution in [0.1, 0.15) is 26.3 Å². The summed E-state index contributed by atoms with van der Waals surface area (Å²) in [7, 11) is 0. The molecule has 2 rings (SSSR count). The Morgan fingerprint density at radius 3 is 2.85 bits per heavy atom. The molecule has 0 aliphatic carbocycles. The smallest absolute Gasteiger partial charge is 0.339 e. The number of carboxylic acid groups (broad SMARTS) is 1. The number of fused-ring (bicyclic) bond motifs is 1. The third-order valence-corrected chi connectivity index (χ3v) is 1.81. The summed E-state index contributed by atoms with van der Waals surface area (Å²) in [5, 5.41) is 8.64. The number of hydrogen-bond acceptors (Lipinski definition) is 3. The molecule has 4 heteroatoms. The summed E-state index contributed by atoms with van der Waals surface area (Å²) in [4.78, 5) is 21.5. The van der Waals surface area contributed by atoms with Gasteiger partial charge in [-0.3, -0.25) is 0 Å². The molecule has 0 unspecified atom stereocenters. The van der Waals surface area contributed by atoms with E-state index in [1.54, 1.807) is 0 Å². The van der Waals surface area contributed by atoms with Crippen molar-refractivity contribution >= 4 is 11.9 Å². The summed E-state index contributed by atoms with van der Waals surface area (Å²) in [6.45, 7) is 1.25. The lowest BCUT2D eigenvalue weighted by Gasteiger charge is -1.95. The second-order valence-corrected chi connectivity index (χ2v) is 2.63. The third kappa shape index (κ3) is 1.16. The summed E-state index contributed by atoms with van der Waals surface area (Å²) >= 11 is 0. The first-order chi connectivity index (χ1) is 6.18. The number of carbonyl (C=O) groups is 2. The van der Waals surface area contributed by atoms with Gasteiger partial charge >= 0.3 is 11.9 Å². The van der Waals surface area contributed by atoms with E-state index in [-0.39, 0.29) is 5.56 Å². The van der Waals surface area contributed by atoms with E-state index < -0.39 is 11.9 Å². The monoisotopic (exact) mass is 177 g/mol. The van der Waals surface area contributed by atoms with Crippen molar-refractivity contribution in [2.24, 2.45) is 0 Å². The van der Waals surface area contributed by atoms with E-state index in [1.807, 2.05) is 0 Å². The molecule has 1 aromatic rings. The molecule has 0 fully saturated rings. The number of hydrogen-bond donors (Lipinski definition) is 1. The minimum Gasteiger partial charge on any atom is -0.478 e. The number of carbonyl (C=O) groups excluding carboxylic acids is 1. The second kappa shape index (κ2) is 2.58. The Balaban J connectivity index is 2.51. The SMILES string of the molecule is O=C(O)c1ccc2c(c1)[CH]OC2=O. The molecule has 0 saturated carbocycles. The maximum atomic E-state index is 10.9. The molecule has 1 N–H and O–H groups in total. The topological polar surface area (TPSA) is 63.6 Å². The molecule has 0 bridgehead atoms. The summed E-state index contributed by atoms with van der Waals surface area (Å²) < 4.78 is 4.60. The van der Waals surface area contributed by atoms with Crippen LogP contribution < -0.4 is 0 Å². The van der Waals surface area contributed by atoms with E-state index in [0.29, 0.717) is 11.1 Å². The minimum atomic E-state index is -1.02. The van der Waals surface area contributed by atoms with E-state index in [1.165, 1.54) is 24.8 Å². The fraction of sp³-hybridized carbons (Fsp3) is 0. The van der Waals surface area contributed by atoms with Crippen LogP contribution in [0.5, 0.6) is 0 Å². The largest absolute Gasteiger partial charge is 0.478 e. The lowest BCUT2D eigenvalue weighted by molar-refractivity contribution is 0.0655. The zero-order valence-electron chi connectivity index (χ0n) is 6.48. The molecule has 0 saturated heterocycles. The predicted octanol–water partition coefficient (Wildman–Crippen LogP) is 1.07. The van der Waals surface area contributed by atoms with Gasteiger partial charge in [0.05, 0.1) is 11.1 Å². The van der Waals surface area contributed by atoms with Crippen molar-refractivity contribution in [1.29, 1.82) is 0 Å². The second-order valence-electron chi connectivity index (χ2n) is 2.63. The highest BCUT2D eigenvalue weighted by Crippen LogP contribution is 2.22. The van der Waals surface area contributed by atoms with Crippen LogP contribution in [0.15, 0.2) is 18.2 Å². The van der Waals surface area contributed by atoms with Gasteiger partial charge in [-0.25, -0.2) is 9.59 Å². The van der Waals surface area contributed by atoms with Gasteiger partial charge in [0.15, 0.2) is 6.61 Å². The average molecular weight is 177 g/mol. The zero-order valence-corrected chi connectivity index (χ0v) is 6.48. The summed E-state index contributed by atoms with van der Waals surface area (Å²) in [6, 6.07) is 4.23. The summed E-state index contributed by atoms with van der Waals surface area (Å²) in [5.41, 5.74) is 1.07. The highest BCUT2D eigenvalue weighted by Gasteiger charge is 2.22. The standard InChI is InChI=1S/C9H5O4/c10-8(11)5-1-2-7-6(3-5)4-13-9(7)12/h1-4H,(H,10,11). The first-order valence-corrected chi connectivity index (χ1v) is 3.60. The van der Waals surface area contributed by atoms with Crippen LogP contribution in [0.4, 0.5) is 0 Å². The molecular formula is C9H5O4. The van der Waals surface area contributed by atoms with Crippen LogP contribution in [0.3, 0.4) is 0 Å². The Morgan fingerprint density at radius 1 is 1.38 bits per heavy atom. The number of aromatic carboxylic acids is 1. The molecule has 0 atom stereocenters. The molecule has 13 heavy (non-hydrogen) atoms. The van der Waals surface area contributed by atoms with Crippen molar-refractivity contribution in [3.05, 3.63) is 41.5 Å². The van der Waals surface area contributed by atoms with Crippen molar-refractivity contribution in [1.82, 2.24) is 0 Å². The maximum Gasteiger partial charge on any atom is 0.339 e. The molecule has 1 aliphatic heterocycles. The van der Waals surface area contributed by atoms with Gasteiger partial charge in [0.25, 0.3) is 0 Å². The van der Waals surface area contributed by atoms with Gasteiger partial charge in [0, 0.05) is 5.56 Å². The van der Waals surface area contributed by atoms with Crippen molar-refractivity contribution in [2.45, 2.75) is 0 Å². The van der Waals surface area contributed by atoms with Gasteiger partial charge in [-0.15, -0.1) is 0 Å². The molecular weight excluding hydrogens is 172 g/mol. The summed E-state index contributed by atoms with van der Waals surface area (Å²) in [5.74, 6) is -1.46. The number of esters is 1. The number of ether oxygens (including phenoxy) is 1. The Labute approximate surface area is 73.8 Å². The number of rotatable bonds is 1. The van der Waals surface area contributed by atoms with E-state index in [4.69, 9.17) is 5.11 Å². The Hall–Kier alpha value is -1.84. The van der Waals surface area contributed by atoms with Crippen molar-refractivity contribution in [3.8, 4) is 0 Å². The van der Waals surface area contributed by atoms with Gasteiger partial charge in [0.1, 0.15) is 0 Å². The van der Waals surface area contributed by atoms with E-state index in [2.05, 4.69) is 4.74 Å². The Morgan fingerprint density at radius 2 is 2.15 bits per heavy atom. The third-order valence-electron chi connectivity index (χ3n) is 1.81. The maximum absolute atomic E-state index is 10.9. The van der Waals surface area contributed by atoms with Gasteiger partial charge < -0.3 is 9.84 Å². The average Bonchev–Trinajstić information content (AvgIpc) is 2.47. The molecule has 1 aromatic carbocycles. The normalized spacial score (nSPS) is 13.7. The van der Waals surface area contributed by atoms with Crippen LogP contribution in [0, 0.1) is 6.61 Å². The lowest BCUT2D eigenvalue weighted by Crippen LogP contribution is -1.98. The fourth-order valence-corrected chi connectivity index (χ4v) is 1.16. The van der Waals surface area contributed by atoms with Crippen LogP contribution in [0.25, 0.3) is 0 Å². The first kappa shape index (κ1) is 7.79. The number of cyclic esters (lactones) is 1. The van der Waals surface area contributed by atoms with Crippen LogP contribution >= 0.6 is 0 Å². The molecule has 4 nitrogen and oxygen atoms in total. The molecule has 0 aromatic heterocycles. The molecule has 65 valence electrons. The number of carboxylic acids is 1. The minimum absolute atomic E-state index is 0.147.